The molecule has 3 aromatic heterocycles. The lowest BCUT2D eigenvalue weighted by atomic mass is 10.4. The van der Waals surface area contributed by atoms with E-state index in [1.807, 2.05) is 13.8 Å². The number of nitrogens with one attached hydrogen (secondary N) is 3. The Kier molecular flexibility index (Phi) is 8.18. The van der Waals surface area contributed by atoms with Crippen molar-refractivity contribution >= 4 is 41.0 Å². The number of hydrogen-bond acceptors (Lipinski definition) is 11. The normalized spacial score (nSPS) is 10.8. The van der Waals surface area contributed by atoms with E-state index in [9.17, 15) is 4.79 Å². The molecule has 0 aromatic carbocycles. The predicted molar refractivity (Wildman–Crippen MR) is 118 cm³/mol. The minimum absolute atomic E-state index is 0.105. The summed E-state index contributed by atoms with van der Waals surface area (Å²) in [5.41, 5.74) is 0.488. The highest BCUT2D eigenvalue weighted by Gasteiger charge is 2.16. The highest BCUT2D eigenvalue weighted by Crippen LogP contribution is 2.23. The molecule has 0 aliphatic rings. The Bertz CT molecular complexity index is 1010. The quantitative estimate of drug-likeness (QED) is 0.275. The van der Waals surface area contributed by atoms with Crippen molar-refractivity contribution in [3.63, 3.8) is 0 Å². The molecule has 0 bridgehead atoms. The number of carbonyl (C=O) groups excluding carboxylic acids is 1. The lowest BCUT2D eigenvalue weighted by molar-refractivity contribution is -0.113. The summed E-state index contributed by atoms with van der Waals surface area (Å²) in [4.78, 5) is 25.5. The number of rotatable bonds is 12. The van der Waals surface area contributed by atoms with Crippen LogP contribution in [0.25, 0.3) is 5.78 Å². The molecule has 0 saturated carbocycles. The van der Waals surface area contributed by atoms with Crippen molar-refractivity contribution in [2.24, 2.45) is 0 Å². The number of fused-ring (bicyclic) bond motifs is 1. The zero-order valence-electron chi connectivity index (χ0n) is 17.6. The molecule has 0 unspecified atom stereocenters. The standard InChI is InChI=1S/C18H25N9O3S/c1-4-19-15-23-16(20-5-2)27-17(24-15)25-26-18(27)31-11-13(28)22-12-7-6-8-21-14(12)30-10-9-29-3/h6-8H,4-5,9-11H2,1-3H3,(H,22,28)(H2,19,20,23,24,25). The fourth-order valence-electron chi connectivity index (χ4n) is 2.54. The van der Waals surface area contributed by atoms with Crippen LogP contribution >= 0.6 is 11.8 Å². The number of aromatic nitrogens is 6. The van der Waals surface area contributed by atoms with E-state index >= 15 is 0 Å². The second-order valence-electron chi connectivity index (χ2n) is 6.08. The van der Waals surface area contributed by atoms with Crippen molar-refractivity contribution in [2.45, 2.75) is 19.0 Å². The Hall–Kier alpha value is -3.19. The summed E-state index contributed by atoms with van der Waals surface area (Å²) in [6.07, 6.45) is 1.60. The number of nitrogens with zero attached hydrogens (tertiary/aromatic N) is 6. The van der Waals surface area contributed by atoms with Gasteiger partial charge in [0.25, 0.3) is 5.78 Å². The van der Waals surface area contributed by atoms with Gasteiger partial charge in [-0.2, -0.15) is 9.97 Å². The van der Waals surface area contributed by atoms with Crippen molar-refractivity contribution in [1.29, 1.82) is 0 Å². The zero-order valence-corrected chi connectivity index (χ0v) is 18.4. The summed E-state index contributed by atoms with van der Waals surface area (Å²) < 4.78 is 12.2. The number of amides is 1. The molecule has 0 atom stereocenters. The minimum atomic E-state index is -0.235. The van der Waals surface area contributed by atoms with Gasteiger partial charge in [0.15, 0.2) is 5.16 Å². The number of anilines is 3. The van der Waals surface area contributed by atoms with Gasteiger partial charge < -0.3 is 25.4 Å². The average Bonchev–Trinajstić information content (AvgIpc) is 3.17. The van der Waals surface area contributed by atoms with Crippen LogP contribution in [0, 0.1) is 0 Å². The molecule has 0 spiro atoms. The molecule has 31 heavy (non-hydrogen) atoms. The van der Waals surface area contributed by atoms with Crippen LogP contribution in [0.15, 0.2) is 23.5 Å². The molecule has 0 fully saturated rings. The van der Waals surface area contributed by atoms with Gasteiger partial charge in [-0.05, 0) is 26.0 Å². The Balaban J connectivity index is 1.69. The molecule has 0 radical (unpaired) electrons. The van der Waals surface area contributed by atoms with E-state index in [0.29, 0.717) is 60.7 Å². The molecule has 3 N–H and O–H groups in total. The summed E-state index contributed by atoms with van der Waals surface area (Å²) in [6, 6.07) is 3.45. The molecule has 0 saturated heterocycles. The van der Waals surface area contributed by atoms with Crippen LogP contribution < -0.4 is 20.7 Å². The smallest absolute Gasteiger partial charge is 0.261 e. The summed E-state index contributed by atoms with van der Waals surface area (Å²) in [7, 11) is 1.59. The van der Waals surface area contributed by atoms with Gasteiger partial charge in [0, 0.05) is 26.4 Å². The van der Waals surface area contributed by atoms with Gasteiger partial charge in [-0.3, -0.25) is 4.79 Å². The monoisotopic (exact) mass is 447 g/mol. The maximum absolute atomic E-state index is 12.5. The molecule has 0 aliphatic heterocycles. The average molecular weight is 448 g/mol. The number of pyridine rings is 1. The Labute approximate surface area is 183 Å². The first kappa shape index (κ1) is 22.5. The molecule has 166 valence electrons. The van der Waals surface area contributed by atoms with Gasteiger partial charge in [-0.25, -0.2) is 9.38 Å². The first-order valence-electron chi connectivity index (χ1n) is 9.76. The SMILES string of the molecule is CCNc1nc(NCC)n2c(SCC(=O)Nc3cccnc3OCCOC)nnc2n1. The molecule has 3 heterocycles. The van der Waals surface area contributed by atoms with Crippen LogP contribution in [0.3, 0.4) is 0 Å². The second-order valence-corrected chi connectivity index (χ2v) is 7.03. The topological polar surface area (TPSA) is 140 Å². The Morgan fingerprint density at radius 1 is 1.16 bits per heavy atom. The van der Waals surface area contributed by atoms with Crippen LogP contribution in [0.1, 0.15) is 13.8 Å². The number of thioether (sulfide) groups is 1. The maximum atomic E-state index is 12.5. The van der Waals surface area contributed by atoms with Crippen molar-refractivity contribution in [2.75, 3.05) is 55.1 Å². The first-order chi connectivity index (χ1) is 15.2. The number of hydrogen-bond donors (Lipinski definition) is 3. The molecular weight excluding hydrogens is 422 g/mol. The zero-order chi connectivity index (χ0) is 22.1. The Morgan fingerprint density at radius 3 is 2.77 bits per heavy atom. The third kappa shape index (κ3) is 5.92. The van der Waals surface area contributed by atoms with Crippen LogP contribution in [-0.4, -0.2) is 74.6 Å². The van der Waals surface area contributed by atoms with E-state index in [1.165, 1.54) is 11.8 Å². The molecule has 3 aromatic rings. The van der Waals surface area contributed by atoms with E-state index in [-0.39, 0.29) is 11.7 Å². The minimum Gasteiger partial charge on any atom is -0.474 e. The maximum Gasteiger partial charge on any atom is 0.261 e. The van der Waals surface area contributed by atoms with E-state index in [4.69, 9.17) is 9.47 Å². The summed E-state index contributed by atoms with van der Waals surface area (Å²) in [5, 5.41) is 17.8. The Morgan fingerprint density at radius 2 is 2.00 bits per heavy atom. The summed E-state index contributed by atoms with van der Waals surface area (Å²) in [6.45, 7) is 6.02. The molecule has 1 amide bonds. The lowest BCUT2D eigenvalue weighted by Gasteiger charge is -2.11. The van der Waals surface area contributed by atoms with Crippen LogP contribution in [-0.2, 0) is 9.53 Å². The fraction of sp³-hybridized carbons (Fsp3) is 0.444. The molecule has 0 aliphatic carbocycles. The van der Waals surface area contributed by atoms with Gasteiger partial charge in [0.2, 0.25) is 23.7 Å². The highest BCUT2D eigenvalue weighted by molar-refractivity contribution is 7.99. The van der Waals surface area contributed by atoms with Gasteiger partial charge in [-0.15, -0.1) is 10.2 Å². The van der Waals surface area contributed by atoms with Gasteiger partial charge in [0.05, 0.1) is 12.4 Å². The highest BCUT2D eigenvalue weighted by atomic mass is 32.2. The van der Waals surface area contributed by atoms with Gasteiger partial charge in [0.1, 0.15) is 12.3 Å². The third-order valence-electron chi connectivity index (χ3n) is 3.82. The van der Waals surface area contributed by atoms with Crippen molar-refractivity contribution in [3.8, 4) is 5.88 Å². The number of methoxy groups -OCH3 is 1. The van der Waals surface area contributed by atoms with Gasteiger partial charge >= 0.3 is 0 Å². The predicted octanol–water partition coefficient (Wildman–Crippen LogP) is 1.53. The van der Waals surface area contributed by atoms with Crippen molar-refractivity contribution in [3.05, 3.63) is 18.3 Å². The molecule has 13 heteroatoms. The first-order valence-corrected chi connectivity index (χ1v) is 10.7. The molecule has 12 nitrogen and oxygen atoms in total. The second kappa shape index (κ2) is 11.3. The van der Waals surface area contributed by atoms with Crippen LogP contribution in [0.5, 0.6) is 5.88 Å². The van der Waals surface area contributed by atoms with Crippen LogP contribution in [0.4, 0.5) is 17.6 Å². The number of ether oxygens (including phenoxy) is 2. The lowest BCUT2D eigenvalue weighted by Crippen LogP contribution is -2.16. The fourth-order valence-corrected chi connectivity index (χ4v) is 3.26. The largest absolute Gasteiger partial charge is 0.474 e. The van der Waals surface area contributed by atoms with Crippen molar-refractivity contribution < 1.29 is 14.3 Å². The summed E-state index contributed by atoms with van der Waals surface area (Å²) in [5.74, 6) is 1.62. The van der Waals surface area contributed by atoms with Gasteiger partial charge in [-0.1, -0.05) is 11.8 Å². The molecular formula is C18H25N9O3S. The van der Waals surface area contributed by atoms with E-state index < -0.39 is 0 Å². The van der Waals surface area contributed by atoms with Crippen molar-refractivity contribution in [1.82, 2.24) is 29.5 Å². The number of carbonyl (C=O) groups is 1. The van der Waals surface area contributed by atoms with E-state index in [1.54, 1.807) is 29.8 Å². The van der Waals surface area contributed by atoms with Crippen LogP contribution in [0.2, 0.25) is 0 Å². The van der Waals surface area contributed by atoms with E-state index in [2.05, 4.69) is 41.1 Å². The summed E-state index contributed by atoms with van der Waals surface area (Å²) >= 11 is 1.23. The molecule has 3 rings (SSSR count). The third-order valence-corrected chi connectivity index (χ3v) is 4.75. The van der Waals surface area contributed by atoms with E-state index in [0.717, 1.165) is 0 Å².